The van der Waals surface area contributed by atoms with E-state index in [1.807, 2.05) is 0 Å². The van der Waals surface area contributed by atoms with Crippen molar-refractivity contribution in [1.29, 1.82) is 0 Å². The summed E-state index contributed by atoms with van der Waals surface area (Å²) in [4.78, 5) is 31.4. The maximum atomic E-state index is 14.9. The molecular weight excluding hydrogens is 452 g/mol. The summed E-state index contributed by atoms with van der Waals surface area (Å²) >= 11 is 0. The van der Waals surface area contributed by atoms with Crippen LogP contribution in [0.25, 0.3) is 22.2 Å². The summed E-state index contributed by atoms with van der Waals surface area (Å²) in [7, 11) is 0. The van der Waals surface area contributed by atoms with Crippen LogP contribution < -0.4 is 10.6 Å². The van der Waals surface area contributed by atoms with Crippen molar-refractivity contribution in [3.05, 3.63) is 36.3 Å². The Morgan fingerprint density at radius 1 is 1.06 bits per heavy atom. The third-order valence-electron chi connectivity index (χ3n) is 6.96. The van der Waals surface area contributed by atoms with Crippen LogP contribution in [0, 0.1) is 17.7 Å². The van der Waals surface area contributed by atoms with Gasteiger partial charge in [0.15, 0.2) is 0 Å². The quantitative estimate of drug-likeness (QED) is 0.504. The van der Waals surface area contributed by atoms with E-state index in [4.69, 9.17) is 0 Å². The fraction of sp³-hybridized carbons (Fsp3) is 0.480. The lowest BCUT2D eigenvalue weighted by Crippen LogP contribution is -2.42. The van der Waals surface area contributed by atoms with Gasteiger partial charge in [-0.05, 0) is 51.7 Å². The number of hydrogen-bond acceptors (Lipinski definition) is 7. The molecule has 1 aromatic carbocycles. The first-order chi connectivity index (χ1) is 16.9. The zero-order chi connectivity index (χ0) is 24.5. The second-order valence-electron chi connectivity index (χ2n) is 9.65. The number of likely N-dealkylation sites (tertiary alicyclic amines) is 1. The minimum Gasteiger partial charge on any atom is -0.366 e. The molecule has 0 unspecified atom stereocenters. The summed E-state index contributed by atoms with van der Waals surface area (Å²) in [6.45, 7) is 6.44. The molecule has 2 fully saturated rings. The van der Waals surface area contributed by atoms with Crippen molar-refractivity contribution in [2.24, 2.45) is 5.92 Å². The third-order valence-corrected chi connectivity index (χ3v) is 6.96. The molecular formula is C25H29F2N7O. The van der Waals surface area contributed by atoms with Gasteiger partial charge in [0.25, 0.3) is 0 Å². The number of benzene rings is 1. The van der Waals surface area contributed by atoms with Crippen molar-refractivity contribution in [2.45, 2.75) is 58.0 Å². The average Bonchev–Trinajstić information content (AvgIpc) is 2.78. The molecule has 2 aromatic heterocycles. The van der Waals surface area contributed by atoms with Crippen molar-refractivity contribution in [3.63, 3.8) is 0 Å². The number of fused-ring (bicyclic) bond motifs is 1. The van der Waals surface area contributed by atoms with Gasteiger partial charge in [-0.25, -0.2) is 14.4 Å². The molecule has 3 aromatic rings. The summed E-state index contributed by atoms with van der Waals surface area (Å²) in [5.41, 5.74) is 0.905. The number of carbonyl (C=O) groups excluding carboxylic acids is 1. The van der Waals surface area contributed by atoms with Gasteiger partial charge in [0.2, 0.25) is 17.8 Å². The van der Waals surface area contributed by atoms with E-state index in [2.05, 4.69) is 49.3 Å². The molecule has 3 heterocycles. The van der Waals surface area contributed by atoms with E-state index < -0.39 is 11.8 Å². The number of hydrogen-bond donors (Lipinski definition) is 2. The Morgan fingerprint density at radius 2 is 1.83 bits per heavy atom. The predicted molar refractivity (Wildman–Crippen MR) is 130 cm³/mol. The van der Waals surface area contributed by atoms with Crippen LogP contribution in [0.15, 0.2) is 24.5 Å². The van der Waals surface area contributed by atoms with Crippen LogP contribution in [0.5, 0.6) is 0 Å². The molecule has 2 aliphatic rings. The van der Waals surface area contributed by atoms with Crippen molar-refractivity contribution >= 4 is 28.6 Å². The summed E-state index contributed by atoms with van der Waals surface area (Å²) in [5, 5.41) is 5.67. The maximum absolute atomic E-state index is 14.9. The molecule has 1 aliphatic heterocycles. The molecule has 184 valence electrons. The van der Waals surface area contributed by atoms with Gasteiger partial charge in [0.05, 0.1) is 29.0 Å². The normalized spacial score (nSPS) is 17.5. The summed E-state index contributed by atoms with van der Waals surface area (Å²) < 4.78 is 29.5. The highest BCUT2D eigenvalue weighted by atomic mass is 19.1. The lowest BCUT2D eigenvalue weighted by molar-refractivity contribution is -0.122. The van der Waals surface area contributed by atoms with Gasteiger partial charge in [-0.1, -0.05) is 6.42 Å². The van der Waals surface area contributed by atoms with Crippen molar-refractivity contribution in [2.75, 3.05) is 23.7 Å². The molecule has 1 aliphatic carbocycles. The molecule has 0 atom stereocenters. The second kappa shape index (κ2) is 9.77. The van der Waals surface area contributed by atoms with Crippen LogP contribution in [0.4, 0.5) is 20.5 Å². The smallest absolute Gasteiger partial charge is 0.232 e. The zero-order valence-corrected chi connectivity index (χ0v) is 19.9. The van der Waals surface area contributed by atoms with Gasteiger partial charge in [-0.3, -0.25) is 15.1 Å². The average molecular weight is 482 g/mol. The minimum atomic E-state index is -1.02. The van der Waals surface area contributed by atoms with Crippen LogP contribution in [-0.2, 0) is 4.79 Å². The van der Waals surface area contributed by atoms with E-state index in [0.29, 0.717) is 23.1 Å². The predicted octanol–water partition coefficient (Wildman–Crippen LogP) is 4.39. The van der Waals surface area contributed by atoms with Crippen LogP contribution in [0.3, 0.4) is 0 Å². The van der Waals surface area contributed by atoms with Gasteiger partial charge >= 0.3 is 0 Å². The van der Waals surface area contributed by atoms with Crippen LogP contribution in [0.2, 0.25) is 0 Å². The van der Waals surface area contributed by atoms with E-state index in [9.17, 15) is 13.6 Å². The summed E-state index contributed by atoms with van der Waals surface area (Å²) in [5.74, 6) is -1.73. The highest BCUT2D eigenvalue weighted by molar-refractivity contribution is 5.93. The molecule has 0 spiro atoms. The van der Waals surface area contributed by atoms with Crippen molar-refractivity contribution in [1.82, 2.24) is 24.8 Å². The Balaban J connectivity index is 1.37. The molecule has 0 radical (unpaired) electrons. The van der Waals surface area contributed by atoms with Gasteiger partial charge < -0.3 is 10.2 Å². The number of aromatic nitrogens is 4. The highest BCUT2D eigenvalue weighted by Gasteiger charge is 2.26. The molecule has 35 heavy (non-hydrogen) atoms. The van der Waals surface area contributed by atoms with E-state index in [-0.39, 0.29) is 34.7 Å². The number of halogens is 2. The third kappa shape index (κ3) is 5.07. The Kier molecular flexibility index (Phi) is 6.55. The number of carbonyl (C=O) groups is 1. The molecule has 1 amide bonds. The maximum Gasteiger partial charge on any atom is 0.232 e. The molecule has 0 bridgehead atoms. The Morgan fingerprint density at radius 3 is 2.51 bits per heavy atom. The lowest BCUT2D eigenvalue weighted by Gasteiger charge is -2.35. The van der Waals surface area contributed by atoms with Gasteiger partial charge in [0.1, 0.15) is 11.6 Å². The topological polar surface area (TPSA) is 95.9 Å². The fourth-order valence-corrected chi connectivity index (χ4v) is 4.60. The number of nitrogens with zero attached hydrogens (tertiary/aromatic N) is 5. The first-order valence-electron chi connectivity index (χ1n) is 12.2. The second-order valence-corrected chi connectivity index (χ2v) is 9.65. The highest BCUT2D eigenvalue weighted by Crippen LogP contribution is 2.29. The molecule has 1 saturated carbocycles. The number of rotatable bonds is 6. The Bertz CT molecular complexity index is 1240. The van der Waals surface area contributed by atoms with Gasteiger partial charge in [-0.2, -0.15) is 9.37 Å². The van der Waals surface area contributed by atoms with E-state index in [1.165, 1.54) is 18.3 Å². The van der Waals surface area contributed by atoms with Crippen molar-refractivity contribution < 1.29 is 13.6 Å². The molecule has 5 rings (SSSR count). The molecule has 1 saturated heterocycles. The number of piperidine rings is 1. The van der Waals surface area contributed by atoms with Crippen LogP contribution in [-0.4, -0.2) is 55.9 Å². The fourth-order valence-electron chi connectivity index (χ4n) is 4.60. The van der Waals surface area contributed by atoms with E-state index in [0.717, 1.165) is 45.2 Å². The first-order valence-corrected chi connectivity index (χ1v) is 12.2. The number of anilines is 2. The zero-order valence-electron chi connectivity index (χ0n) is 19.9. The summed E-state index contributed by atoms with van der Waals surface area (Å²) in [6.07, 6.45) is 7.75. The van der Waals surface area contributed by atoms with Gasteiger partial charge in [-0.15, -0.1) is 0 Å². The largest absolute Gasteiger partial charge is 0.366 e. The van der Waals surface area contributed by atoms with Crippen LogP contribution >= 0.6 is 0 Å². The van der Waals surface area contributed by atoms with Crippen molar-refractivity contribution in [3.8, 4) is 11.3 Å². The Hall–Kier alpha value is -3.27. The molecule has 10 heteroatoms. The number of amides is 1. The first kappa shape index (κ1) is 23.5. The van der Waals surface area contributed by atoms with Crippen LogP contribution in [0.1, 0.15) is 46.0 Å². The summed E-state index contributed by atoms with van der Waals surface area (Å²) in [6, 6.07) is 3.56. The Labute approximate surface area is 202 Å². The minimum absolute atomic E-state index is 0.0534. The number of nitrogens with one attached hydrogen (secondary N) is 2. The molecule has 8 nitrogen and oxygen atoms in total. The van der Waals surface area contributed by atoms with E-state index in [1.54, 1.807) is 6.20 Å². The SMILES string of the molecule is CC(C)N1CCC(Nc2cncc(-c3cc(F)c4c(F)nc(NC(=O)C5CCC5)nc4c3)n2)CC1. The van der Waals surface area contributed by atoms with E-state index >= 15 is 0 Å². The molecule has 2 N–H and O–H groups in total. The lowest BCUT2D eigenvalue weighted by atomic mass is 9.85. The standard InChI is InChI=1S/C25H29F2N7O/c1-14(2)34-8-6-17(7-9-34)29-21-13-28-12-20(30-21)16-10-18(26)22-19(11-16)31-25(32-23(22)27)33-24(35)15-4-3-5-15/h10-15,17H,3-9H2,1-2H3,(H,29,30)(H,31,32,33,35). The van der Waals surface area contributed by atoms with Gasteiger partial charge in [0, 0.05) is 36.7 Å². The monoisotopic (exact) mass is 481 g/mol.